The Morgan fingerprint density at radius 1 is 0.915 bits per heavy atom. The van der Waals surface area contributed by atoms with Gasteiger partial charge in [-0.3, -0.25) is 50.4 Å². The first-order valence-corrected chi connectivity index (χ1v) is 15.7. The second-order valence-corrected chi connectivity index (χ2v) is 9.94. The van der Waals surface area contributed by atoms with Crippen molar-refractivity contribution in [2.45, 2.75) is 78.0 Å². The summed E-state index contributed by atoms with van der Waals surface area (Å²) in [5.41, 5.74) is 9.72. The number of hydrogen-bond donors (Lipinski definition) is 6. The monoisotopic (exact) mass is 733 g/mol. The fraction of sp³-hybridized carbons (Fsp3) is 0.643. The van der Waals surface area contributed by atoms with Crippen LogP contribution in [0.25, 0.3) is 4.85 Å². The molecule has 0 aromatic rings. The minimum atomic E-state index is -0.711. The Morgan fingerprint density at radius 2 is 1.43 bits per heavy atom. The van der Waals surface area contributed by atoms with E-state index in [1.54, 1.807) is 13.8 Å². The van der Waals surface area contributed by atoms with Crippen molar-refractivity contribution in [3.05, 3.63) is 11.4 Å². The molecule has 1 atom stereocenters. The Kier molecular flexibility index (Phi) is 29.0. The van der Waals surface area contributed by atoms with Gasteiger partial charge in [0, 0.05) is 19.5 Å². The average Bonchev–Trinajstić information content (AvgIpc) is 3.00. The molecule has 2 aliphatic heterocycles. The number of hydrogen-bond acceptors (Lipinski definition) is 12. The van der Waals surface area contributed by atoms with Crippen molar-refractivity contribution < 1.29 is 43.0 Å². The number of nitrogens with two attached hydrogens (primary N) is 2. The van der Waals surface area contributed by atoms with E-state index < -0.39 is 22.9 Å². The molecule has 0 aliphatic carbocycles. The Labute approximate surface area is 283 Å². The second kappa shape index (κ2) is 29.0. The van der Waals surface area contributed by atoms with Crippen LogP contribution in [0, 0.1) is 17.4 Å². The molecular formula is C28H48BrN9O9. The van der Waals surface area contributed by atoms with E-state index in [0.717, 1.165) is 29.1 Å². The quantitative estimate of drug-likeness (QED) is 0.101. The number of primary amides is 1. The van der Waals surface area contributed by atoms with Crippen LogP contribution in [0.15, 0.2) is 0 Å². The van der Waals surface area contributed by atoms with Crippen LogP contribution in [-0.2, 0) is 33.4 Å². The van der Waals surface area contributed by atoms with Crippen LogP contribution < -0.4 is 22.1 Å². The van der Waals surface area contributed by atoms with E-state index in [2.05, 4.69) is 40.9 Å². The van der Waals surface area contributed by atoms with Gasteiger partial charge in [0.1, 0.15) is 11.7 Å². The second-order valence-electron chi connectivity index (χ2n) is 9.03. The fourth-order valence-corrected chi connectivity index (χ4v) is 3.30. The van der Waals surface area contributed by atoms with Gasteiger partial charge in [0.15, 0.2) is 4.83 Å². The van der Waals surface area contributed by atoms with Crippen molar-refractivity contribution in [2.24, 2.45) is 11.5 Å². The number of rotatable bonds is 11. The van der Waals surface area contributed by atoms with Gasteiger partial charge in [-0.25, -0.2) is 21.0 Å². The number of nitrogens with one attached hydrogen (secondary N) is 4. The van der Waals surface area contributed by atoms with Crippen molar-refractivity contribution >= 4 is 69.3 Å². The zero-order valence-corrected chi connectivity index (χ0v) is 29.2. The van der Waals surface area contributed by atoms with Crippen LogP contribution in [0.2, 0.25) is 0 Å². The Hall–Kier alpha value is -4.44. The Balaban J connectivity index is -0.000000530. The predicted molar refractivity (Wildman–Crippen MR) is 176 cm³/mol. The maximum atomic E-state index is 11.4. The summed E-state index contributed by atoms with van der Waals surface area (Å²) in [6.07, 6.45) is 3.97. The summed E-state index contributed by atoms with van der Waals surface area (Å²) < 4.78 is 8.86. The number of carbonyl (C=O) groups is 7. The smallest absolute Gasteiger partial charge is 0.387 e. The van der Waals surface area contributed by atoms with Crippen molar-refractivity contribution in [3.63, 3.8) is 0 Å². The number of carbonyl (C=O) groups excluding carboxylic acids is 7. The third kappa shape index (κ3) is 23.5. The number of imide groups is 2. The minimum Gasteiger partial charge on any atom is -0.465 e. The standard InChI is InChI=1S/C7H10BrN3O2.C7H11N3O2.C5H7NO2.C5H11NO.C4H9NO2/c1-2-3-11-6(12)4(8)5(9)10-7(11)13;1-2-3-10-6(11)4-5(8)9-7(10)12;1-3-8-5(7)4-6-2;1-2-3-4-5(6)7;1-2-7-4(6)3-5/h4H,2-3H2,1H3,(H2,9,10,13);2-4H2,1H3,(H2,8,9,12);3-4H2,1H3;2-4H2,1H3,(H2,6,7);2-3,5H2,1H3. The summed E-state index contributed by atoms with van der Waals surface area (Å²) in [5.74, 6) is -1.74. The largest absolute Gasteiger partial charge is 0.465 e. The summed E-state index contributed by atoms with van der Waals surface area (Å²) in [7, 11) is 0. The molecule has 2 saturated heterocycles. The van der Waals surface area contributed by atoms with Crippen LogP contribution in [0.5, 0.6) is 0 Å². The van der Waals surface area contributed by atoms with Gasteiger partial charge < -0.3 is 25.8 Å². The number of alkyl halides is 1. The highest BCUT2D eigenvalue weighted by molar-refractivity contribution is 9.10. The molecule has 18 nitrogen and oxygen atoms in total. The maximum absolute atomic E-state index is 11.4. The Morgan fingerprint density at radius 3 is 1.81 bits per heavy atom. The molecule has 0 aromatic carbocycles. The molecule has 2 rings (SSSR count). The SMILES string of the molecule is CCCCC(N)=O.CCCN1C(=O)CC(=N)NC1=O.CCCN1C(=O)NC(=N)C(Br)C1=O.CCOC(=O)CN.[C-]#[N+]CC(=O)OCC. The lowest BCUT2D eigenvalue weighted by Gasteiger charge is -2.28. The molecule has 47 heavy (non-hydrogen) atoms. The molecule has 2 aliphatic rings. The zero-order chi connectivity index (χ0) is 36.9. The molecule has 19 heteroatoms. The first-order valence-electron chi connectivity index (χ1n) is 14.8. The third-order valence-corrected chi connectivity index (χ3v) is 5.86. The summed E-state index contributed by atoms with van der Waals surface area (Å²) in [6, 6.07) is -0.981. The Bertz CT molecular complexity index is 1090. The summed E-state index contributed by atoms with van der Waals surface area (Å²) >= 11 is 3.03. The topological polar surface area (TPSA) is 273 Å². The van der Waals surface area contributed by atoms with Gasteiger partial charge in [0.25, 0.3) is 5.91 Å². The number of unbranched alkanes of at least 4 members (excludes halogenated alkanes) is 1. The molecule has 2 heterocycles. The van der Waals surface area contributed by atoms with E-state index in [9.17, 15) is 33.6 Å². The molecule has 2 fully saturated rings. The number of amidine groups is 2. The van der Waals surface area contributed by atoms with E-state index in [4.69, 9.17) is 28.9 Å². The molecule has 0 saturated carbocycles. The molecule has 0 aromatic heterocycles. The van der Waals surface area contributed by atoms with Gasteiger partial charge in [0.2, 0.25) is 11.8 Å². The number of esters is 2. The van der Waals surface area contributed by atoms with Crippen molar-refractivity contribution in [3.8, 4) is 0 Å². The molecule has 7 amide bonds. The molecule has 266 valence electrons. The molecular weight excluding hydrogens is 686 g/mol. The maximum Gasteiger partial charge on any atom is 0.387 e. The van der Waals surface area contributed by atoms with Gasteiger partial charge in [-0.15, -0.1) is 0 Å². The van der Waals surface area contributed by atoms with Crippen molar-refractivity contribution in [2.75, 3.05) is 39.4 Å². The predicted octanol–water partition coefficient (Wildman–Crippen LogP) is 1.64. The molecule has 0 bridgehead atoms. The van der Waals surface area contributed by atoms with Crippen LogP contribution >= 0.6 is 15.9 Å². The van der Waals surface area contributed by atoms with E-state index in [1.165, 1.54) is 0 Å². The molecule has 0 spiro atoms. The summed E-state index contributed by atoms with van der Waals surface area (Å²) in [6.45, 7) is 16.9. The van der Waals surface area contributed by atoms with Crippen molar-refractivity contribution in [1.29, 1.82) is 10.8 Å². The molecule has 1 unspecified atom stereocenters. The van der Waals surface area contributed by atoms with Crippen LogP contribution in [0.3, 0.4) is 0 Å². The number of nitrogens with zero attached hydrogens (tertiary/aromatic N) is 3. The summed E-state index contributed by atoms with van der Waals surface area (Å²) in [5, 5.41) is 18.9. The first kappa shape index (κ1) is 47.0. The average molecular weight is 735 g/mol. The van der Waals surface area contributed by atoms with E-state index >= 15 is 0 Å². The van der Waals surface area contributed by atoms with Gasteiger partial charge >= 0.3 is 30.5 Å². The van der Waals surface area contributed by atoms with Crippen LogP contribution in [0.4, 0.5) is 9.59 Å². The minimum absolute atomic E-state index is 0.00569. The van der Waals surface area contributed by atoms with Crippen LogP contribution in [-0.4, -0.2) is 107 Å². The number of urea groups is 2. The van der Waals surface area contributed by atoms with E-state index in [1.807, 2.05) is 20.8 Å². The normalized spacial score (nSPS) is 14.9. The van der Waals surface area contributed by atoms with E-state index in [0.29, 0.717) is 39.1 Å². The number of halogens is 1. The van der Waals surface area contributed by atoms with Gasteiger partial charge in [-0.1, -0.05) is 43.1 Å². The van der Waals surface area contributed by atoms with Crippen molar-refractivity contribution in [1.82, 2.24) is 20.4 Å². The first-order chi connectivity index (χ1) is 22.1. The lowest BCUT2D eigenvalue weighted by Crippen LogP contribution is -2.58. The number of ether oxygens (including phenoxy) is 2. The van der Waals surface area contributed by atoms with Crippen LogP contribution in [0.1, 0.15) is 73.1 Å². The highest BCUT2D eigenvalue weighted by Gasteiger charge is 2.35. The fourth-order valence-electron chi connectivity index (χ4n) is 2.93. The summed E-state index contributed by atoms with van der Waals surface area (Å²) in [4.78, 5) is 79.4. The van der Waals surface area contributed by atoms with E-state index in [-0.39, 0.29) is 54.9 Å². The highest BCUT2D eigenvalue weighted by Crippen LogP contribution is 2.11. The molecule has 8 N–H and O–H groups in total. The zero-order valence-electron chi connectivity index (χ0n) is 27.6. The van der Waals surface area contributed by atoms with Gasteiger partial charge in [-0.05, 0) is 33.1 Å². The lowest BCUT2D eigenvalue weighted by atomic mass is 10.2. The van der Waals surface area contributed by atoms with Gasteiger partial charge in [0.05, 0.1) is 26.2 Å². The lowest BCUT2D eigenvalue weighted by molar-refractivity contribution is -0.142. The molecule has 0 radical (unpaired) electrons. The highest BCUT2D eigenvalue weighted by atomic mass is 79.9. The number of amides is 7. The third-order valence-electron chi connectivity index (χ3n) is 5.01. The van der Waals surface area contributed by atoms with Gasteiger partial charge in [-0.2, -0.15) is 0 Å².